The lowest BCUT2D eigenvalue weighted by molar-refractivity contribution is -0.126. The molecule has 1 amide bonds. The van der Waals surface area contributed by atoms with Crippen LogP contribution in [-0.2, 0) is 4.79 Å². The zero-order valence-corrected chi connectivity index (χ0v) is 24.7. The highest BCUT2D eigenvalue weighted by molar-refractivity contribution is 5.82. The van der Waals surface area contributed by atoms with Crippen LogP contribution in [0.2, 0.25) is 0 Å². The second-order valence-corrected chi connectivity index (χ2v) is 11.5. The lowest BCUT2D eigenvalue weighted by Gasteiger charge is -2.31. The largest absolute Gasteiger partial charge is 0.328 e. The van der Waals surface area contributed by atoms with Crippen molar-refractivity contribution in [1.29, 1.82) is 0 Å². The fourth-order valence-corrected chi connectivity index (χ4v) is 6.36. The van der Waals surface area contributed by atoms with E-state index in [2.05, 4.69) is 163 Å². The Bertz CT molecular complexity index is 1640. The smallest absolute Gasteiger partial charge is 0.237 e. The van der Waals surface area contributed by atoms with Gasteiger partial charge in [0.2, 0.25) is 5.91 Å². The molecule has 1 saturated heterocycles. The Morgan fingerprint density at radius 3 is 1.09 bits per heavy atom. The molecule has 1 N–H and O–H groups in total. The summed E-state index contributed by atoms with van der Waals surface area (Å²) in [6, 6.07) is 56.0. The van der Waals surface area contributed by atoms with Gasteiger partial charge in [-0.3, -0.25) is 10.1 Å². The van der Waals surface area contributed by atoms with E-state index in [1.165, 1.54) is 0 Å². The van der Waals surface area contributed by atoms with E-state index in [0.717, 1.165) is 55.6 Å². The van der Waals surface area contributed by atoms with Gasteiger partial charge in [-0.1, -0.05) is 146 Å². The van der Waals surface area contributed by atoms with E-state index >= 15 is 0 Å². The van der Waals surface area contributed by atoms with Gasteiger partial charge in [-0.25, -0.2) is 0 Å². The average Bonchev–Trinajstić information content (AvgIpc) is 3.43. The number of nitrogens with zero attached hydrogens (tertiary/aromatic N) is 1. The summed E-state index contributed by atoms with van der Waals surface area (Å²) in [6.45, 7) is 0.325. The molecule has 7 rings (SSSR count). The third-order valence-electron chi connectivity index (χ3n) is 8.65. The Morgan fingerprint density at radius 1 is 0.500 bits per heavy atom. The fraction of sp³-hybridized carbons (Fsp3) is 0.0976. The van der Waals surface area contributed by atoms with Crippen LogP contribution in [0, 0.1) is 0 Å². The maximum atomic E-state index is 13.0. The summed E-state index contributed by atoms with van der Waals surface area (Å²) in [5, 5.41) is 3.57. The van der Waals surface area contributed by atoms with Crippen LogP contribution in [0.25, 0.3) is 44.5 Å². The van der Waals surface area contributed by atoms with Crippen molar-refractivity contribution in [2.45, 2.75) is 12.1 Å². The molecule has 0 radical (unpaired) electrons. The Morgan fingerprint density at radius 2 is 0.818 bits per heavy atom. The van der Waals surface area contributed by atoms with E-state index in [1.54, 1.807) is 0 Å². The van der Waals surface area contributed by atoms with Gasteiger partial charge >= 0.3 is 0 Å². The van der Waals surface area contributed by atoms with Crippen molar-refractivity contribution in [3.63, 3.8) is 0 Å². The highest BCUT2D eigenvalue weighted by atomic mass is 16.2. The molecule has 6 aromatic rings. The van der Waals surface area contributed by atoms with Crippen molar-refractivity contribution in [2.24, 2.45) is 0 Å². The summed E-state index contributed by atoms with van der Waals surface area (Å²) in [5.41, 5.74) is 11.6. The molecule has 1 unspecified atom stereocenters. The summed E-state index contributed by atoms with van der Waals surface area (Å²) in [7, 11) is 1.91. The van der Waals surface area contributed by atoms with Gasteiger partial charge in [-0.05, 0) is 67.8 Å². The van der Waals surface area contributed by atoms with Crippen molar-refractivity contribution >= 4 is 5.91 Å². The standard InChI is InChI=1S/C41H34N2O/c1-43-39(44)28-42-41(43)40(37-24-33(29-14-6-2-7-15-29)22-34(25-37)30-16-8-3-9-17-30)38-26-35(31-18-10-4-11-19-31)23-36(27-38)32-20-12-5-13-21-32/h2-27,40-42H,28H2,1H3. The molecule has 0 aromatic heterocycles. The molecule has 214 valence electrons. The highest BCUT2D eigenvalue weighted by Crippen LogP contribution is 2.40. The minimum absolute atomic E-state index is 0.102. The Balaban J connectivity index is 1.48. The zero-order valence-electron chi connectivity index (χ0n) is 24.7. The van der Waals surface area contributed by atoms with Crippen LogP contribution in [0.5, 0.6) is 0 Å². The molecule has 1 atom stereocenters. The number of carbonyl (C=O) groups is 1. The van der Waals surface area contributed by atoms with Crippen molar-refractivity contribution in [1.82, 2.24) is 10.2 Å². The van der Waals surface area contributed by atoms with Gasteiger partial charge in [-0.15, -0.1) is 0 Å². The van der Waals surface area contributed by atoms with Crippen molar-refractivity contribution in [2.75, 3.05) is 13.6 Å². The summed E-state index contributed by atoms with van der Waals surface area (Å²) in [5.74, 6) is -0.0197. The number of rotatable bonds is 7. The van der Waals surface area contributed by atoms with Crippen LogP contribution in [-0.4, -0.2) is 30.6 Å². The van der Waals surface area contributed by atoms with Gasteiger partial charge in [0.05, 0.1) is 12.7 Å². The van der Waals surface area contributed by atoms with E-state index in [-0.39, 0.29) is 18.0 Å². The molecule has 1 aliphatic rings. The van der Waals surface area contributed by atoms with Crippen LogP contribution in [0.3, 0.4) is 0 Å². The highest BCUT2D eigenvalue weighted by Gasteiger charge is 2.36. The second-order valence-electron chi connectivity index (χ2n) is 11.5. The maximum Gasteiger partial charge on any atom is 0.237 e. The van der Waals surface area contributed by atoms with Crippen LogP contribution in [0.15, 0.2) is 158 Å². The number of likely N-dealkylation sites (N-methyl/N-ethyl adjacent to an activating group) is 1. The molecule has 44 heavy (non-hydrogen) atoms. The zero-order chi connectivity index (χ0) is 29.9. The second kappa shape index (κ2) is 12.2. The van der Waals surface area contributed by atoms with Gasteiger partial charge in [0.15, 0.2) is 0 Å². The first kappa shape index (κ1) is 27.6. The number of nitrogens with one attached hydrogen (secondary N) is 1. The first-order chi connectivity index (χ1) is 21.6. The van der Waals surface area contributed by atoms with Crippen molar-refractivity contribution < 1.29 is 4.79 Å². The summed E-state index contributed by atoms with van der Waals surface area (Å²) in [6.07, 6.45) is -0.202. The summed E-state index contributed by atoms with van der Waals surface area (Å²) < 4.78 is 0. The third kappa shape index (κ3) is 5.58. The van der Waals surface area contributed by atoms with E-state index in [1.807, 2.05) is 11.9 Å². The molecule has 1 aliphatic heterocycles. The fourth-order valence-electron chi connectivity index (χ4n) is 6.36. The van der Waals surface area contributed by atoms with Gasteiger partial charge < -0.3 is 4.90 Å². The van der Waals surface area contributed by atoms with Crippen LogP contribution in [0.1, 0.15) is 17.0 Å². The lowest BCUT2D eigenvalue weighted by Crippen LogP contribution is -2.40. The summed E-state index contributed by atoms with van der Waals surface area (Å²) in [4.78, 5) is 14.8. The van der Waals surface area contributed by atoms with E-state index in [4.69, 9.17) is 0 Å². The normalized spacial score (nSPS) is 14.7. The van der Waals surface area contributed by atoms with Gasteiger partial charge in [0, 0.05) is 13.0 Å². The van der Waals surface area contributed by atoms with Crippen LogP contribution >= 0.6 is 0 Å². The minimum atomic E-state index is -0.202. The van der Waals surface area contributed by atoms with Gasteiger partial charge in [0.1, 0.15) is 0 Å². The number of hydrogen-bond acceptors (Lipinski definition) is 2. The van der Waals surface area contributed by atoms with Crippen LogP contribution < -0.4 is 5.32 Å². The number of amides is 1. The number of hydrogen-bond donors (Lipinski definition) is 1. The third-order valence-corrected chi connectivity index (χ3v) is 8.65. The van der Waals surface area contributed by atoms with Crippen molar-refractivity contribution in [3.05, 3.63) is 169 Å². The van der Waals surface area contributed by atoms with E-state index in [9.17, 15) is 4.79 Å². The Labute approximate surface area is 259 Å². The molecule has 3 heteroatoms. The first-order valence-corrected chi connectivity index (χ1v) is 15.1. The molecule has 3 nitrogen and oxygen atoms in total. The molecule has 0 saturated carbocycles. The maximum absolute atomic E-state index is 13.0. The number of carbonyl (C=O) groups excluding carboxylic acids is 1. The number of benzene rings is 6. The molecular weight excluding hydrogens is 536 g/mol. The molecule has 6 aromatic carbocycles. The Hall–Kier alpha value is -5.25. The predicted molar refractivity (Wildman–Crippen MR) is 181 cm³/mol. The molecule has 0 aliphatic carbocycles. The quantitative estimate of drug-likeness (QED) is 0.208. The minimum Gasteiger partial charge on any atom is -0.328 e. The average molecular weight is 571 g/mol. The monoisotopic (exact) mass is 570 g/mol. The van der Waals surface area contributed by atoms with Crippen molar-refractivity contribution in [3.8, 4) is 44.5 Å². The predicted octanol–water partition coefficient (Wildman–Crippen LogP) is 8.87. The van der Waals surface area contributed by atoms with Gasteiger partial charge in [0.25, 0.3) is 0 Å². The van der Waals surface area contributed by atoms with E-state index in [0.29, 0.717) is 6.54 Å². The lowest BCUT2D eigenvalue weighted by atomic mass is 9.82. The van der Waals surface area contributed by atoms with Gasteiger partial charge in [-0.2, -0.15) is 0 Å². The molecule has 1 heterocycles. The topological polar surface area (TPSA) is 32.3 Å². The SMILES string of the molecule is CN1C(=O)CNC1C(c1cc(-c2ccccc2)cc(-c2ccccc2)c1)c1cc(-c2ccccc2)cc(-c2ccccc2)c1. The first-order valence-electron chi connectivity index (χ1n) is 15.1. The molecular formula is C41H34N2O. The van der Waals surface area contributed by atoms with E-state index < -0.39 is 0 Å². The summed E-state index contributed by atoms with van der Waals surface area (Å²) >= 11 is 0. The molecule has 1 fully saturated rings. The molecule has 0 bridgehead atoms. The molecule has 0 spiro atoms. The van der Waals surface area contributed by atoms with Crippen LogP contribution in [0.4, 0.5) is 0 Å². The Kier molecular flexibility index (Phi) is 7.62.